The van der Waals surface area contributed by atoms with E-state index in [1.54, 1.807) is 0 Å². The SMILES string of the molecule is CC1CCC(CNC(c2ccc(Cl)cc2)C(C)C)CC1. The van der Waals surface area contributed by atoms with Crippen molar-refractivity contribution in [3.63, 3.8) is 0 Å². The molecule has 20 heavy (non-hydrogen) atoms. The standard InChI is InChI=1S/C18H28ClN/c1-13(2)18(16-8-10-17(19)11-9-16)20-12-15-6-4-14(3)5-7-15/h8-11,13-15,18,20H,4-7,12H2,1-3H3. The lowest BCUT2D eigenvalue weighted by atomic mass is 9.82. The minimum Gasteiger partial charge on any atom is -0.309 e. The van der Waals surface area contributed by atoms with Crippen molar-refractivity contribution in [3.05, 3.63) is 34.9 Å². The van der Waals surface area contributed by atoms with E-state index in [1.807, 2.05) is 12.1 Å². The Hall–Kier alpha value is -0.530. The van der Waals surface area contributed by atoms with Crippen molar-refractivity contribution in [3.8, 4) is 0 Å². The van der Waals surface area contributed by atoms with Gasteiger partial charge in [0, 0.05) is 11.1 Å². The van der Waals surface area contributed by atoms with Crippen LogP contribution in [0.1, 0.15) is 58.1 Å². The van der Waals surface area contributed by atoms with Gasteiger partial charge in [0.1, 0.15) is 0 Å². The highest BCUT2D eigenvalue weighted by Gasteiger charge is 2.21. The first kappa shape index (κ1) is 15.9. The van der Waals surface area contributed by atoms with Crippen molar-refractivity contribution in [2.75, 3.05) is 6.54 Å². The second kappa shape index (κ2) is 7.47. The summed E-state index contributed by atoms with van der Waals surface area (Å²) in [5.74, 6) is 2.39. The molecule has 1 fully saturated rings. The molecule has 0 bridgehead atoms. The van der Waals surface area contributed by atoms with Gasteiger partial charge in [-0.3, -0.25) is 0 Å². The van der Waals surface area contributed by atoms with Crippen LogP contribution in [0.2, 0.25) is 5.02 Å². The van der Waals surface area contributed by atoms with Crippen molar-refractivity contribution in [2.24, 2.45) is 17.8 Å². The summed E-state index contributed by atoms with van der Waals surface area (Å²) < 4.78 is 0. The summed E-state index contributed by atoms with van der Waals surface area (Å²) in [4.78, 5) is 0. The molecule has 0 amide bonds. The predicted molar refractivity (Wildman–Crippen MR) is 88.2 cm³/mol. The number of halogens is 1. The van der Waals surface area contributed by atoms with Crippen LogP contribution in [-0.4, -0.2) is 6.54 Å². The molecule has 1 nitrogen and oxygen atoms in total. The molecule has 2 rings (SSSR count). The molecule has 1 atom stereocenters. The molecule has 0 aliphatic heterocycles. The van der Waals surface area contributed by atoms with Crippen LogP contribution in [0.3, 0.4) is 0 Å². The lowest BCUT2D eigenvalue weighted by Crippen LogP contribution is -2.32. The normalized spacial score (nSPS) is 24.9. The van der Waals surface area contributed by atoms with Gasteiger partial charge in [0.25, 0.3) is 0 Å². The quantitative estimate of drug-likeness (QED) is 0.761. The summed E-state index contributed by atoms with van der Waals surface area (Å²) in [6.45, 7) is 8.11. The Labute approximate surface area is 129 Å². The number of hydrogen-bond acceptors (Lipinski definition) is 1. The van der Waals surface area contributed by atoms with Gasteiger partial charge in [-0.25, -0.2) is 0 Å². The van der Waals surface area contributed by atoms with Gasteiger partial charge in [-0.05, 0) is 54.8 Å². The second-order valence-corrected chi connectivity index (χ2v) is 7.24. The summed E-state index contributed by atoms with van der Waals surface area (Å²) in [6.07, 6.45) is 5.58. The zero-order valence-corrected chi connectivity index (χ0v) is 13.8. The summed E-state index contributed by atoms with van der Waals surface area (Å²) in [5, 5.41) is 4.61. The van der Waals surface area contributed by atoms with E-state index < -0.39 is 0 Å². The Morgan fingerprint density at radius 1 is 1.10 bits per heavy atom. The molecule has 0 heterocycles. The zero-order valence-electron chi connectivity index (χ0n) is 13.0. The highest BCUT2D eigenvalue weighted by molar-refractivity contribution is 6.30. The minimum atomic E-state index is 0.437. The maximum Gasteiger partial charge on any atom is 0.0406 e. The molecule has 0 saturated heterocycles. The highest BCUT2D eigenvalue weighted by Crippen LogP contribution is 2.29. The molecule has 1 aliphatic carbocycles. The highest BCUT2D eigenvalue weighted by atomic mass is 35.5. The Morgan fingerprint density at radius 2 is 1.70 bits per heavy atom. The first-order valence-corrected chi connectivity index (χ1v) is 8.43. The number of nitrogens with one attached hydrogen (secondary N) is 1. The van der Waals surface area contributed by atoms with Crippen LogP contribution in [0.15, 0.2) is 24.3 Å². The maximum atomic E-state index is 5.99. The van der Waals surface area contributed by atoms with E-state index in [0.717, 1.165) is 23.4 Å². The molecule has 0 spiro atoms. The third-order valence-corrected chi connectivity index (χ3v) is 4.91. The Balaban J connectivity index is 1.91. The number of benzene rings is 1. The third-order valence-electron chi connectivity index (χ3n) is 4.66. The fraction of sp³-hybridized carbons (Fsp3) is 0.667. The van der Waals surface area contributed by atoms with Crippen LogP contribution < -0.4 is 5.32 Å². The molecule has 112 valence electrons. The first-order chi connectivity index (χ1) is 9.56. The van der Waals surface area contributed by atoms with Crippen molar-refractivity contribution in [1.82, 2.24) is 5.32 Å². The van der Waals surface area contributed by atoms with Crippen molar-refractivity contribution in [1.29, 1.82) is 0 Å². The maximum absolute atomic E-state index is 5.99. The molecule has 0 aromatic heterocycles. The topological polar surface area (TPSA) is 12.0 Å². The van der Waals surface area contributed by atoms with E-state index in [0.29, 0.717) is 12.0 Å². The van der Waals surface area contributed by atoms with Crippen molar-refractivity contribution in [2.45, 2.75) is 52.5 Å². The molecule has 2 heteroatoms. The zero-order chi connectivity index (χ0) is 14.5. The van der Waals surface area contributed by atoms with Crippen molar-refractivity contribution >= 4 is 11.6 Å². The van der Waals surface area contributed by atoms with E-state index in [9.17, 15) is 0 Å². The summed E-state index contributed by atoms with van der Waals surface area (Å²) >= 11 is 5.99. The average Bonchev–Trinajstić information content (AvgIpc) is 2.43. The van der Waals surface area contributed by atoms with Gasteiger partial charge in [-0.1, -0.05) is 57.3 Å². The Morgan fingerprint density at radius 3 is 2.25 bits per heavy atom. The third kappa shape index (κ3) is 4.49. The van der Waals surface area contributed by atoms with Crippen LogP contribution in [0.5, 0.6) is 0 Å². The molecule has 1 aliphatic rings. The number of rotatable bonds is 5. The average molecular weight is 294 g/mol. The van der Waals surface area contributed by atoms with E-state index in [4.69, 9.17) is 11.6 Å². The second-order valence-electron chi connectivity index (χ2n) is 6.81. The first-order valence-electron chi connectivity index (χ1n) is 8.05. The van der Waals surface area contributed by atoms with Crippen LogP contribution in [0, 0.1) is 17.8 Å². The fourth-order valence-electron chi connectivity index (χ4n) is 3.24. The molecule has 1 unspecified atom stereocenters. The van der Waals surface area contributed by atoms with E-state index in [2.05, 4.69) is 38.2 Å². The van der Waals surface area contributed by atoms with Crippen LogP contribution in [0.4, 0.5) is 0 Å². The Bertz CT molecular complexity index is 390. The van der Waals surface area contributed by atoms with Crippen LogP contribution >= 0.6 is 11.6 Å². The molecule has 0 radical (unpaired) electrons. The molecular formula is C18H28ClN. The minimum absolute atomic E-state index is 0.437. The van der Waals surface area contributed by atoms with Crippen molar-refractivity contribution < 1.29 is 0 Å². The van der Waals surface area contributed by atoms with Gasteiger partial charge in [-0.15, -0.1) is 0 Å². The molecule has 1 N–H and O–H groups in total. The summed E-state index contributed by atoms with van der Waals surface area (Å²) in [5.41, 5.74) is 1.36. The van der Waals surface area contributed by atoms with E-state index in [1.165, 1.54) is 31.2 Å². The molecular weight excluding hydrogens is 266 g/mol. The van der Waals surface area contributed by atoms with Gasteiger partial charge in [0.15, 0.2) is 0 Å². The predicted octanol–water partition coefficient (Wildman–Crippen LogP) is 5.45. The smallest absolute Gasteiger partial charge is 0.0406 e. The lowest BCUT2D eigenvalue weighted by molar-refractivity contribution is 0.264. The van der Waals surface area contributed by atoms with E-state index >= 15 is 0 Å². The molecule has 1 aromatic carbocycles. The van der Waals surface area contributed by atoms with Gasteiger partial charge in [-0.2, -0.15) is 0 Å². The van der Waals surface area contributed by atoms with E-state index in [-0.39, 0.29) is 0 Å². The molecule has 1 aromatic rings. The molecule has 1 saturated carbocycles. The van der Waals surface area contributed by atoms with Crippen LogP contribution in [-0.2, 0) is 0 Å². The van der Waals surface area contributed by atoms with Gasteiger partial charge < -0.3 is 5.32 Å². The van der Waals surface area contributed by atoms with Gasteiger partial charge >= 0.3 is 0 Å². The number of hydrogen-bond donors (Lipinski definition) is 1. The van der Waals surface area contributed by atoms with Crippen LogP contribution in [0.25, 0.3) is 0 Å². The lowest BCUT2D eigenvalue weighted by Gasteiger charge is -2.30. The van der Waals surface area contributed by atoms with Gasteiger partial charge in [0.05, 0.1) is 0 Å². The Kier molecular flexibility index (Phi) is 5.92. The largest absolute Gasteiger partial charge is 0.309 e. The summed E-state index contributed by atoms with van der Waals surface area (Å²) in [6, 6.07) is 8.74. The fourth-order valence-corrected chi connectivity index (χ4v) is 3.36. The summed E-state index contributed by atoms with van der Waals surface area (Å²) in [7, 11) is 0. The monoisotopic (exact) mass is 293 g/mol. The van der Waals surface area contributed by atoms with Gasteiger partial charge in [0.2, 0.25) is 0 Å².